The zero-order valence-corrected chi connectivity index (χ0v) is 23.1. The summed E-state index contributed by atoms with van der Waals surface area (Å²) < 4.78 is 9.05. The quantitative estimate of drug-likeness (QED) is 0.482. The molecule has 3 heterocycles. The van der Waals surface area contributed by atoms with Crippen LogP contribution in [0.1, 0.15) is 62.4 Å². The number of anilines is 2. The Morgan fingerprint density at radius 2 is 2.00 bits per heavy atom. The summed E-state index contributed by atoms with van der Waals surface area (Å²) in [4.78, 5) is 39.6. The molecule has 0 bridgehead atoms. The summed E-state index contributed by atoms with van der Waals surface area (Å²) in [6, 6.07) is 6.08. The first-order chi connectivity index (χ1) is 18.3. The maximum atomic E-state index is 13.2. The van der Waals surface area contributed by atoms with Crippen molar-refractivity contribution in [2.24, 2.45) is 13.0 Å². The molecule has 1 unspecified atom stereocenters. The zero-order chi connectivity index (χ0) is 27.0. The van der Waals surface area contributed by atoms with Crippen LogP contribution >= 0.6 is 0 Å². The molecule has 0 radical (unpaired) electrons. The largest absolute Gasteiger partial charge is 0.495 e. The average molecular weight is 522 g/mol. The van der Waals surface area contributed by atoms with Crippen LogP contribution in [0.4, 0.5) is 11.6 Å². The van der Waals surface area contributed by atoms with Crippen LogP contribution < -0.4 is 15.7 Å². The summed E-state index contributed by atoms with van der Waals surface area (Å²) in [7, 11) is 5.21. The Hall–Kier alpha value is -3.40. The number of fused-ring (bicyclic) bond motifs is 1. The molecule has 10 heteroatoms. The molecule has 1 aliphatic heterocycles. The second-order valence-corrected chi connectivity index (χ2v) is 11.0. The molecule has 2 aliphatic rings. The minimum absolute atomic E-state index is 0.0274. The first-order valence-electron chi connectivity index (χ1n) is 13.6. The van der Waals surface area contributed by atoms with E-state index in [2.05, 4.69) is 29.0 Å². The van der Waals surface area contributed by atoms with Gasteiger partial charge < -0.3 is 19.9 Å². The maximum absolute atomic E-state index is 13.2. The predicted octanol–water partition coefficient (Wildman–Crippen LogP) is 3.80. The number of methoxy groups -OCH3 is 1. The molecular formula is C28H39N7O3. The number of carbonyl (C=O) groups excluding carboxylic acids is 1. The number of aryl methyl sites for hydroxylation is 1. The second kappa shape index (κ2) is 10.8. The lowest BCUT2D eigenvalue weighted by Crippen LogP contribution is -2.34. The van der Waals surface area contributed by atoms with Gasteiger partial charge in [0, 0.05) is 44.8 Å². The lowest BCUT2D eigenvalue weighted by Gasteiger charge is -2.23. The number of rotatable bonds is 8. The van der Waals surface area contributed by atoms with Crippen LogP contribution in [0.3, 0.4) is 0 Å². The highest BCUT2D eigenvalue weighted by Gasteiger charge is 2.27. The topological polar surface area (TPSA) is 97.5 Å². The number of nitrogens with one attached hydrogen (secondary N) is 1. The van der Waals surface area contributed by atoms with E-state index >= 15 is 0 Å². The van der Waals surface area contributed by atoms with Gasteiger partial charge in [-0.05, 0) is 63.8 Å². The van der Waals surface area contributed by atoms with Crippen LogP contribution in [0.2, 0.25) is 0 Å². The Labute approximate surface area is 223 Å². The number of carbonyl (C=O) groups is 1. The second-order valence-electron chi connectivity index (χ2n) is 11.0. The van der Waals surface area contributed by atoms with Gasteiger partial charge in [-0.1, -0.05) is 12.8 Å². The minimum atomic E-state index is -0.0579. The van der Waals surface area contributed by atoms with E-state index in [0.29, 0.717) is 46.1 Å². The first-order valence-corrected chi connectivity index (χ1v) is 13.6. The Morgan fingerprint density at radius 1 is 1.24 bits per heavy atom. The van der Waals surface area contributed by atoms with Crippen LogP contribution in [0.25, 0.3) is 11.2 Å². The van der Waals surface area contributed by atoms with Crippen molar-refractivity contribution >= 4 is 28.7 Å². The van der Waals surface area contributed by atoms with Crippen molar-refractivity contribution in [3.63, 3.8) is 0 Å². The molecule has 1 N–H and O–H groups in total. The molecular weight excluding hydrogens is 482 g/mol. The van der Waals surface area contributed by atoms with E-state index in [4.69, 9.17) is 9.72 Å². The van der Waals surface area contributed by atoms with Crippen LogP contribution in [-0.4, -0.2) is 74.6 Å². The molecule has 1 atom stereocenters. The molecule has 1 aromatic carbocycles. The standard InChI is InChI=1S/C28H39N7O3/c1-18(2)34-13-12-19(17-34)16-32(3)26(36)20-10-11-22(24(14-20)38-5)30-27-29-15-23-25(31-27)35(28(37)33(23)4)21-8-6-7-9-21/h10-11,14-15,18-19,21H,6-9,12-13,16-17H2,1-5H3,(H,29,30,31). The van der Waals surface area contributed by atoms with E-state index in [9.17, 15) is 9.59 Å². The summed E-state index contributed by atoms with van der Waals surface area (Å²) in [5.74, 6) is 1.36. The fraction of sp³-hybridized carbons (Fsp3) is 0.571. The van der Waals surface area contributed by atoms with Gasteiger partial charge >= 0.3 is 5.69 Å². The lowest BCUT2D eigenvalue weighted by molar-refractivity contribution is 0.0772. The third kappa shape index (κ3) is 5.01. The number of imidazole rings is 1. The van der Waals surface area contributed by atoms with Gasteiger partial charge in [0.05, 0.1) is 19.0 Å². The molecule has 5 rings (SSSR count). The summed E-state index contributed by atoms with van der Waals surface area (Å²) in [5.41, 5.74) is 2.51. The van der Waals surface area contributed by atoms with Gasteiger partial charge in [0.25, 0.3) is 5.91 Å². The van der Waals surface area contributed by atoms with Crippen molar-refractivity contribution in [2.75, 3.05) is 39.1 Å². The van der Waals surface area contributed by atoms with E-state index in [0.717, 1.165) is 51.7 Å². The number of amides is 1. The number of likely N-dealkylation sites (tertiary alicyclic amines) is 1. The molecule has 0 spiro atoms. The molecule has 1 aliphatic carbocycles. The molecule has 3 aromatic rings. The van der Waals surface area contributed by atoms with Gasteiger partial charge in [0.15, 0.2) is 5.65 Å². The normalized spacial score (nSPS) is 18.5. The van der Waals surface area contributed by atoms with E-state index in [1.54, 1.807) is 37.1 Å². The minimum Gasteiger partial charge on any atom is -0.495 e. The fourth-order valence-electron chi connectivity index (χ4n) is 5.91. The molecule has 1 saturated carbocycles. The highest BCUT2D eigenvalue weighted by atomic mass is 16.5. The van der Waals surface area contributed by atoms with Crippen molar-refractivity contribution in [2.45, 2.75) is 58.0 Å². The fourth-order valence-corrected chi connectivity index (χ4v) is 5.91. The summed E-state index contributed by atoms with van der Waals surface area (Å²) >= 11 is 0. The Kier molecular flexibility index (Phi) is 7.43. The third-order valence-electron chi connectivity index (χ3n) is 8.14. The SMILES string of the molecule is COc1cc(C(=O)N(C)CC2CCN(C(C)C)C2)ccc1Nc1ncc2c(n1)n(C1CCCC1)c(=O)n2C. The molecule has 38 heavy (non-hydrogen) atoms. The van der Waals surface area contributed by atoms with Crippen LogP contribution in [-0.2, 0) is 7.05 Å². The molecule has 204 valence electrons. The van der Waals surface area contributed by atoms with E-state index < -0.39 is 0 Å². The van der Waals surface area contributed by atoms with Crippen molar-refractivity contribution in [3.05, 3.63) is 40.4 Å². The van der Waals surface area contributed by atoms with Gasteiger partial charge in [0.2, 0.25) is 5.95 Å². The lowest BCUT2D eigenvalue weighted by atomic mass is 10.1. The summed E-state index contributed by atoms with van der Waals surface area (Å²) in [6.45, 7) is 7.29. The summed E-state index contributed by atoms with van der Waals surface area (Å²) in [6.07, 6.45) is 7.01. The van der Waals surface area contributed by atoms with Crippen molar-refractivity contribution in [1.82, 2.24) is 28.9 Å². The van der Waals surface area contributed by atoms with Gasteiger partial charge in [0.1, 0.15) is 11.3 Å². The molecule has 1 saturated heterocycles. The molecule has 1 amide bonds. The average Bonchev–Trinajstić information content (AvgIpc) is 3.65. The third-order valence-corrected chi connectivity index (χ3v) is 8.14. The van der Waals surface area contributed by atoms with E-state index in [-0.39, 0.29) is 17.6 Å². The van der Waals surface area contributed by atoms with Gasteiger partial charge in [-0.15, -0.1) is 0 Å². The highest BCUT2D eigenvalue weighted by Crippen LogP contribution is 2.32. The van der Waals surface area contributed by atoms with Gasteiger partial charge in [-0.2, -0.15) is 4.98 Å². The zero-order valence-electron chi connectivity index (χ0n) is 23.1. The number of aromatic nitrogens is 4. The maximum Gasteiger partial charge on any atom is 0.330 e. The van der Waals surface area contributed by atoms with Crippen LogP contribution in [0, 0.1) is 5.92 Å². The van der Waals surface area contributed by atoms with Crippen LogP contribution in [0.15, 0.2) is 29.2 Å². The van der Waals surface area contributed by atoms with E-state index in [1.807, 2.05) is 22.6 Å². The first kappa shape index (κ1) is 26.2. The van der Waals surface area contributed by atoms with Crippen LogP contribution in [0.5, 0.6) is 5.75 Å². The van der Waals surface area contributed by atoms with Gasteiger partial charge in [-0.25, -0.2) is 9.78 Å². The predicted molar refractivity (Wildman–Crippen MR) is 148 cm³/mol. The number of nitrogens with zero attached hydrogens (tertiary/aromatic N) is 6. The monoisotopic (exact) mass is 521 g/mol. The smallest absolute Gasteiger partial charge is 0.330 e. The Balaban J connectivity index is 1.34. The van der Waals surface area contributed by atoms with Crippen molar-refractivity contribution in [3.8, 4) is 5.75 Å². The Bertz CT molecular complexity index is 1370. The highest BCUT2D eigenvalue weighted by molar-refractivity contribution is 5.95. The molecule has 2 fully saturated rings. The molecule has 10 nitrogen and oxygen atoms in total. The van der Waals surface area contributed by atoms with Gasteiger partial charge in [-0.3, -0.25) is 13.9 Å². The number of benzene rings is 1. The number of hydrogen-bond donors (Lipinski definition) is 1. The van der Waals surface area contributed by atoms with E-state index in [1.165, 1.54) is 0 Å². The van der Waals surface area contributed by atoms with Crippen molar-refractivity contribution < 1.29 is 9.53 Å². The van der Waals surface area contributed by atoms with Crippen molar-refractivity contribution in [1.29, 1.82) is 0 Å². The summed E-state index contributed by atoms with van der Waals surface area (Å²) in [5, 5.41) is 3.23. The number of hydrogen-bond acceptors (Lipinski definition) is 7. The Morgan fingerprint density at radius 3 is 2.68 bits per heavy atom. The number of ether oxygens (including phenoxy) is 1. The molecule has 2 aromatic heterocycles.